The second-order valence-electron chi connectivity index (χ2n) is 21.5. The highest BCUT2D eigenvalue weighted by atomic mass is 35.5. The molecule has 18 heteroatoms. The van der Waals surface area contributed by atoms with Crippen LogP contribution >= 0.6 is 23.2 Å². The molecule has 3 N–H and O–H groups in total. The fourth-order valence-corrected chi connectivity index (χ4v) is 12.2. The van der Waals surface area contributed by atoms with E-state index in [9.17, 15) is 9.59 Å². The Kier molecular flexibility index (Phi) is 23.0. The third kappa shape index (κ3) is 15.3. The third-order valence-corrected chi connectivity index (χ3v) is 16.8. The van der Waals surface area contributed by atoms with Crippen LogP contribution in [0.3, 0.4) is 0 Å². The summed E-state index contributed by atoms with van der Waals surface area (Å²) in [5.74, 6) is 0. The number of amides is 4. The molecule has 4 aliphatic heterocycles. The molecule has 0 spiro atoms. The standard InChI is InChI=1S/C32H34ClN7O.C31H32ClN7O.4CH4/c1-37-11-13-38(14-12-37)22-25-19-24-3-2-10-35-30(24)31(28-9-6-26(33)20-29(25)28)39-15-17-40(18-16-39)32(41)36-27-7-4-23(21-34)5-8-27;32-25-5-8-27-28(19-25)24(21-37-12-10-34-11-13-37)18-23-2-1-9-35-29(23)30(27)38-14-16-39(17-15-38)31(40)36-26-6-3-22(20-33)4-7-26;;;;/h2-10,19-20,31H,11-18,22H2,1H3,(H,36,41);1-9,18-19,30,34H,10-17,21H2,(H,36,40);4*1H4. The van der Waals surface area contributed by atoms with Crippen LogP contribution in [0.5, 0.6) is 0 Å². The van der Waals surface area contributed by atoms with Crippen LogP contribution in [0.25, 0.3) is 23.3 Å². The molecule has 6 aliphatic rings. The molecule has 4 saturated heterocycles. The maximum Gasteiger partial charge on any atom is 0.321 e. The lowest BCUT2D eigenvalue weighted by atomic mass is 9.93. The van der Waals surface area contributed by atoms with Crippen molar-refractivity contribution in [3.63, 3.8) is 0 Å². The second-order valence-corrected chi connectivity index (χ2v) is 22.3. The number of carbonyl (C=O) groups excluding carboxylic acids is 2. The van der Waals surface area contributed by atoms with Gasteiger partial charge < -0.3 is 30.7 Å². The van der Waals surface area contributed by atoms with E-state index in [-0.39, 0.29) is 53.9 Å². The van der Waals surface area contributed by atoms with Crippen LogP contribution in [0.15, 0.2) is 122 Å². The van der Waals surface area contributed by atoms with Crippen molar-refractivity contribution >= 4 is 69.9 Å². The maximum absolute atomic E-state index is 13.0. The average Bonchev–Trinajstić information content (AvgIpc) is 2.54. The zero-order valence-corrected chi connectivity index (χ0v) is 47.1. The van der Waals surface area contributed by atoms with Crippen molar-refractivity contribution in [2.75, 3.05) is 135 Å². The average molecular weight is 1190 g/mol. The van der Waals surface area contributed by atoms with Crippen molar-refractivity contribution in [2.24, 2.45) is 0 Å². The molecule has 2 unspecified atom stereocenters. The van der Waals surface area contributed by atoms with Gasteiger partial charge in [0.05, 0.1) is 46.7 Å². The first kappa shape index (κ1) is 65.1. The van der Waals surface area contributed by atoms with E-state index >= 15 is 0 Å². The molecule has 2 aliphatic carbocycles. The number of hydrogen-bond acceptors (Lipinski definition) is 12. The number of pyridine rings is 2. The number of fused-ring (bicyclic) bond motifs is 4. The predicted octanol–water partition coefficient (Wildman–Crippen LogP) is 11.5. The van der Waals surface area contributed by atoms with Gasteiger partial charge in [0.25, 0.3) is 0 Å². The molecule has 2 aromatic heterocycles. The van der Waals surface area contributed by atoms with Gasteiger partial charge in [0.1, 0.15) is 0 Å². The van der Waals surface area contributed by atoms with E-state index in [1.165, 1.54) is 33.4 Å². The maximum atomic E-state index is 13.0. The lowest BCUT2D eigenvalue weighted by Crippen LogP contribution is -2.51. The molecule has 0 saturated carbocycles. The first-order valence-electron chi connectivity index (χ1n) is 27.9. The SMILES string of the molecule is C.C.C.C.CN1CCN(CC2=Cc3cccnc3C(N3CCN(C(=O)Nc4ccc(C#N)cc4)CC3)c3ccc(Cl)cc32)CC1.N#Cc1ccc(NC(=O)N2CCN(C3c4ccc(Cl)cc4C(CN4CCNCC4)=Cc4cccnc43)CC2)cc1. The Morgan fingerprint density at radius 2 is 0.941 bits per heavy atom. The Morgan fingerprint density at radius 1 is 0.541 bits per heavy atom. The summed E-state index contributed by atoms with van der Waals surface area (Å²) in [6.07, 6.45) is 8.35. The number of nitrogens with one attached hydrogen (secondary N) is 3. The van der Waals surface area contributed by atoms with E-state index in [0.29, 0.717) is 48.7 Å². The quantitative estimate of drug-likeness (QED) is 0.132. The minimum atomic E-state index is -0.129. The van der Waals surface area contributed by atoms with Gasteiger partial charge in [0.2, 0.25) is 0 Å². The van der Waals surface area contributed by atoms with Crippen molar-refractivity contribution in [1.29, 1.82) is 10.5 Å². The Labute approximate surface area is 513 Å². The summed E-state index contributed by atoms with van der Waals surface area (Å²) in [7, 11) is 2.18. The predicted molar refractivity (Wildman–Crippen MR) is 348 cm³/mol. The van der Waals surface area contributed by atoms with E-state index in [0.717, 1.165) is 124 Å². The van der Waals surface area contributed by atoms with Gasteiger partial charge in [-0.2, -0.15) is 10.5 Å². The Morgan fingerprint density at radius 3 is 1.34 bits per heavy atom. The highest BCUT2D eigenvalue weighted by Gasteiger charge is 2.36. The summed E-state index contributed by atoms with van der Waals surface area (Å²) in [5.41, 5.74) is 14.1. The number of likely N-dealkylation sites (N-methyl/N-ethyl adjacent to an activating group) is 1. The molecule has 446 valence electrons. The number of nitriles is 2. The van der Waals surface area contributed by atoms with Gasteiger partial charge in [0.15, 0.2) is 0 Å². The lowest BCUT2D eigenvalue weighted by Gasteiger charge is -2.40. The Bertz CT molecular complexity index is 3380. The topological polar surface area (TPSA) is 166 Å². The summed E-state index contributed by atoms with van der Waals surface area (Å²) in [4.78, 5) is 51.8. The van der Waals surface area contributed by atoms with Crippen molar-refractivity contribution in [2.45, 2.75) is 41.8 Å². The van der Waals surface area contributed by atoms with E-state index in [1.54, 1.807) is 48.5 Å². The van der Waals surface area contributed by atoms with Gasteiger partial charge in [-0.25, -0.2) is 9.59 Å². The van der Waals surface area contributed by atoms with Crippen LogP contribution in [0.4, 0.5) is 21.0 Å². The van der Waals surface area contributed by atoms with Crippen LogP contribution in [-0.2, 0) is 0 Å². The number of nitrogens with zero attached hydrogens (tertiary/aromatic N) is 11. The molecule has 4 aromatic carbocycles. The van der Waals surface area contributed by atoms with E-state index in [1.807, 2.05) is 46.5 Å². The van der Waals surface area contributed by atoms with Crippen molar-refractivity contribution in [3.05, 3.63) is 188 Å². The summed E-state index contributed by atoms with van der Waals surface area (Å²) in [6, 6.07) is 38.6. The minimum absolute atomic E-state index is 0. The molecule has 6 heterocycles. The molecule has 0 bridgehead atoms. The van der Waals surface area contributed by atoms with Gasteiger partial charge in [-0.3, -0.25) is 29.6 Å². The number of rotatable bonds is 8. The molecule has 85 heavy (non-hydrogen) atoms. The van der Waals surface area contributed by atoms with E-state index in [2.05, 4.69) is 108 Å². The first-order chi connectivity index (χ1) is 39.6. The smallest absolute Gasteiger partial charge is 0.321 e. The summed E-state index contributed by atoms with van der Waals surface area (Å²) in [6.45, 7) is 15.3. The molecule has 0 radical (unpaired) electrons. The fraction of sp³-hybridized carbons (Fsp3) is 0.373. The van der Waals surface area contributed by atoms with Crippen molar-refractivity contribution < 1.29 is 9.59 Å². The van der Waals surface area contributed by atoms with Crippen molar-refractivity contribution in [1.82, 2.24) is 49.6 Å². The normalized spacial score (nSPS) is 18.8. The van der Waals surface area contributed by atoms with Crippen LogP contribution in [0.2, 0.25) is 10.0 Å². The number of piperazine rings is 4. The van der Waals surface area contributed by atoms with Crippen LogP contribution in [0, 0.1) is 22.7 Å². The number of halogens is 2. The number of anilines is 2. The zero-order chi connectivity index (χ0) is 55.8. The number of hydrogen-bond donors (Lipinski definition) is 3. The molecular formula is C67H82Cl2N14O2. The molecule has 2 atom stereocenters. The Balaban J connectivity index is 0.000000233. The van der Waals surface area contributed by atoms with Gasteiger partial charge in [0, 0.05) is 152 Å². The first-order valence-corrected chi connectivity index (χ1v) is 28.7. The molecular weight excluding hydrogens is 1100 g/mol. The molecule has 4 amide bonds. The molecule has 12 rings (SSSR count). The highest BCUT2D eigenvalue weighted by molar-refractivity contribution is 6.31. The number of benzene rings is 4. The Hall–Kier alpha value is -7.48. The van der Waals surface area contributed by atoms with Crippen LogP contribution in [-0.4, -0.2) is 181 Å². The molecule has 6 aromatic rings. The largest absolute Gasteiger partial charge is 0.322 e. The van der Waals surface area contributed by atoms with Crippen molar-refractivity contribution in [3.8, 4) is 12.1 Å². The van der Waals surface area contributed by atoms with Crippen LogP contribution < -0.4 is 16.0 Å². The fourth-order valence-electron chi connectivity index (χ4n) is 11.9. The van der Waals surface area contributed by atoms with Gasteiger partial charge in [-0.1, -0.05) is 77.2 Å². The zero-order valence-electron chi connectivity index (χ0n) is 45.6. The minimum Gasteiger partial charge on any atom is -0.322 e. The second kappa shape index (κ2) is 30.0. The summed E-state index contributed by atoms with van der Waals surface area (Å²) in [5, 5.41) is 28.9. The molecule has 16 nitrogen and oxygen atoms in total. The third-order valence-electron chi connectivity index (χ3n) is 16.3. The summed E-state index contributed by atoms with van der Waals surface area (Å²) < 4.78 is 0. The number of aromatic nitrogens is 2. The number of urea groups is 2. The monoisotopic (exact) mass is 1180 g/mol. The van der Waals surface area contributed by atoms with Gasteiger partial charge >= 0.3 is 12.1 Å². The number of carbonyl (C=O) groups is 2. The summed E-state index contributed by atoms with van der Waals surface area (Å²) >= 11 is 13.2. The molecule has 4 fully saturated rings. The van der Waals surface area contributed by atoms with E-state index < -0.39 is 0 Å². The van der Waals surface area contributed by atoms with Crippen LogP contribution in [0.1, 0.15) is 97.7 Å². The van der Waals surface area contributed by atoms with Gasteiger partial charge in [-0.05, 0) is 149 Å². The highest BCUT2D eigenvalue weighted by Crippen LogP contribution is 2.43. The van der Waals surface area contributed by atoms with E-state index in [4.69, 9.17) is 43.7 Å². The lowest BCUT2D eigenvalue weighted by molar-refractivity contribution is 0.125. The van der Waals surface area contributed by atoms with Gasteiger partial charge in [-0.15, -0.1) is 0 Å².